The van der Waals surface area contributed by atoms with E-state index in [9.17, 15) is 15.0 Å². The second-order valence-electron chi connectivity index (χ2n) is 6.27. The minimum Gasteiger partial charge on any atom is -0.394 e. The maximum atomic E-state index is 12.4. The summed E-state index contributed by atoms with van der Waals surface area (Å²) in [6, 6.07) is 0. The fourth-order valence-corrected chi connectivity index (χ4v) is 2.97. The molecule has 0 spiro atoms. The first kappa shape index (κ1) is 18.9. The Kier molecular flexibility index (Phi) is 5.77. The molecule has 9 nitrogen and oxygen atoms in total. The van der Waals surface area contributed by atoms with Gasteiger partial charge in [-0.15, -0.1) is 12.3 Å². The van der Waals surface area contributed by atoms with Gasteiger partial charge >= 0.3 is 0 Å². The van der Waals surface area contributed by atoms with Crippen molar-refractivity contribution in [3.63, 3.8) is 0 Å². The first-order valence-electron chi connectivity index (χ1n) is 8.70. The third-order valence-electron chi connectivity index (χ3n) is 4.32. The highest BCUT2D eigenvalue weighted by Gasteiger charge is 2.36. The standard InChI is InChI=1S/C18H21N5O4/c1-2-3-4-5-6-7-8-11-15-16(20-18(19)21-17(15)26)23(22-11)14-9-12(25)13(10-24)27-14/h1,12-14,24-25H,3-6,9-10H2,(H3,19,20,21,26)/t12-,13+,14+/m0/s1. The molecule has 142 valence electrons. The molecule has 1 saturated heterocycles. The Morgan fingerprint density at radius 3 is 2.89 bits per heavy atom. The number of hydrogen-bond donors (Lipinski definition) is 4. The van der Waals surface area contributed by atoms with Crippen molar-refractivity contribution in [2.75, 3.05) is 12.3 Å². The Hall–Kier alpha value is -2.85. The summed E-state index contributed by atoms with van der Waals surface area (Å²) in [6.45, 7) is -0.322. The summed E-state index contributed by atoms with van der Waals surface area (Å²) in [7, 11) is 0. The molecular weight excluding hydrogens is 350 g/mol. The second-order valence-corrected chi connectivity index (χ2v) is 6.27. The molecule has 0 aromatic carbocycles. The molecular formula is C18H21N5O4. The molecule has 2 aromatic heterocycles. The van der Waals surface area contributed by atoms with Crippen LogP contribution in [0.25, 0.3) is 11.0 Å². The van der Waals surface area contributed by atoms with Gasteiger partial charge in [0.05, 0.1) is 12.7 Å². The summed E-state index contributed by atoms with van der Waals surface area (Å²) in [5, 5.41) is 23.8. The van der Waals surface area contributed by atoms with E-state index in [0.717, 1.165) is 12.8 Å². The van der Waals surface area contributed by atoms with Gasteiger partial charge in [0.2, 0.25) is 5.95 Å². The number of aromatic nitrogens is 4. The number of aliphatic hydroxyl groups is 2. The number of nitrogens with two attached hydrogens (primary N) is 1. The Morgan fingerprint density at radius 2 is 2.19 bits per heavy atom. The number of nitrogen functional groups attached to an aromatic ring is 1. The zero-order valence-corrected chi connectivity index (χ0v) is 14.7. The van der Waals surface area contributed by atoms with Gasteiger partial charge in [-0.25, -0.2) is 4.68 Å². The number of unbranched alkanes of at least 4 members (excludes halogenated alkanes) is 3. The molecule has 0 aliphatic carbocycles. The Balaban J connectivity index is 1.95. The lowest BCUT2D eigenvalue weighted by atomic mass is 10.2. The number of terminal acetylenes is 1. The topological polar surface area (TPSA) is 139 Å². The lowest BCUT2D eigenvalue weighted by Crippen LogP contribution is -2.24. The zero-order chi connectivity index (χ0) is 19.4. The van der Waals surface area contributed by atoms with E-state index in [2.05, 4.69) is 32.8 Å². The van der Waals surface area contributed by atoms with Crippen molar-refractivity contribution in [2.45, 2.75) is 50.5 Å². The molecule has 0 saturated carbocycles. The lowest BCUT2D eigenvalue weighted by molar-refractivity contribution is -0.0470. The third-order valence-corrected chi connectivity index (χ3v) is 4.32. The molecule has 2 aromatic rings. The summed E-state index contributed by atoms with van der Waals surface area (Å²) in [5.74, 6) is 8.42. The normalized spacial score (nSPS) is 21.7. The average molecular weight is 371 g/mol. The SMILES string of the molecule is C#CCCCCC#Cc1nn([C@H]2C[C@H](O)[C@@H](CO)O2)c2nc(N)[nH]c(=O)c12. The maximum absolute atomic E-state index is 12.4. The molecule has 0 unspecified atom stereocenters. The number of hydrogen-bond acceptors (Lipinski definition) is 7. The minimum atomic E-state index is -0.843. The summed E-state index contributed by atoms with van der Waals surface area (Å²) in [4.78, 5) is 19.0. The highest BCUT2D eigenvalue weighted by molar-refractivity contribution is 5.81. The molecule has 27 heavy (non-hydrogen) atoms. The van der Waals surface area contributed by atoms with E-state index in [1.165, 1.54) is 4.68 Å². The molecule has 5 N–H and O–H groups in total. The largest absolute Gasteiger partial charge is 0.394 e. The van der Waals surface area contributed by atoms with E-state index in [4.69, 9.17) is 16.9 Å². The van der Waals surface area contributed by atoms with Crippen LogP contribution in [0.15, 0.2) is 4.79 Å². The van der Waals surface area contributed by atoms with Crippen LogP contribution in [0.2, 0.25) is 0 Å². The molecule has 1 aliphatic rings. The number of aromatic amines is 1. The molecule has 1 fully saturated rings. The van der Waals surface area contributed by atoms with Crippen molar-refractivity contribution in [2.24, 2.45) is 0 Å². The van der Waals surface area contributed by atoms with Crippen LogP contribution in [-0.4, -0.2) is 48.8 Å². The van der Waals surface area contributed by atoms with Crippen molar-refractivity contribution in [1.82, 2.24) is 19.7 Å². The maximum Gasteiger partial charge on any atom is 0.264 e. The molecule has 1 aliphatic heterocycles. The van der Waals surface area contributed by atoms with Gasteiger partial charge in [-0.3, -0.25) is 9.78 Å². The number of rotatable bonds is 5. The highest BCUT2D eigenvalue weighted by Crippen LogP contribution is 2.30. The van der Waals surface area contributed by atoms with Crippen LogP contribution < -0.4 is 11.3 Å². The molecule has 9 heteroatoms. The van der Waals surface area contributed by atoms with E-state index in [0.29, 0.717) is 12.8 Å². The van der Waals surface area contributed by atoms with E-state index in [1.807, 2.05) is 0 Å². The first-order valence-corrected chi connectivity index (χ1v) is 8.70. The Morgan fingerprint density at radius 1 is 1.41 bits per heavy atom. The summed E-state index contributed by atoms with van der Waals surface area (Å²) in [6.07, 6.45) is 6.24. The van der Waals surface area contributed by atoms with Crippen molar-refractivity contribution < 1.29 is 14.9 Å². The lowest BCUT2D eigenvalue weighted by Gasteiger charge is -2.12. The van der Waals surface area contributed by atoms with Crippen LogP contribution in [0.5, 0.6) is 0 Å². The van der Waals surface area contributed by atoms with E-state index in [-0.39, 0.29) is 35.7 Å². The van der Waals surface area contributed by atoms with Crippen LogP contribution in [-0.2, 0) is 4.74 Å². The van der Waals surface area contributed by atoms with Gasteiger partial charge < -0.3 is 20.7 Å². The molecule has 0 amide bonds. The predicted molar refractivity (Wildman–Crippen MR) is 98.4 cm³/mol. The molecule has 0 bridgehead atoms. The minimum absolute atomic E-state index is 0.0558. The number of fused-ring (bicyclic) bond motifs is 1. The van der Waals surface area contributed by atoms with Gasteiger partial charge in [-0.1, -0.05) is 5.92 Å². The van der Waals surface area contributed by atoms with Crippen molar-refractivity contribution >= 4 is 17.0 Å². The van der Waals surface area contributed by atoms with E-state index < -0.39 is 24.0 Å². The van der Waals surface area contributed by atoms with Gasteiger partial charge in [0.15, 0.2) is 17.6 Å². The fourth-order valence-electron chi connectivity index (χ4n) is 2.97. The van der Waals surface area contributed by atoms with Crippen LogP contribution in [0.3, 0.4) is 0 Å². The summed E-state index contributed by atoms with van der Waals surface area (Å²) >= 11 is 0. The predicted octanol–water partition coefficient (Wildman–Crippen LogP) is -0.112. The number of nitrogens with one attached hydrogen (secondary N) is 1. The Bertz CT molecular complexity index is 978. The van der Waals surface area contributed by atoms with Gasteiger partial charge in [-0.05, 0) is 18.8 Å². The van der Waals surface area contributed by atoms with Crippen molar-refractivity contribution in [3.05, 3.63) is 16.0 Å². The monoisotopic (exact) mass is 371 g/mol. The smallest absolute Gasteiger partial charge is 0.264 e. The number of aliphatic hydroxyl groups excluding tert-OH is 2. The number of nitrogens with zero attached hydrogens (tertiary/aromatic N) is 3. The van der Waals surface area contributed by atoms with E-state index in [1.54, 1.807) is 0 Å². The molecule has 0 radical (unpaired) electrons. The van der Waals surface area contributed by atoms with Crippen molar-refractivity contribution in [3.8, 4) is 24.2 Å². The average Bonchev–Trinajstić information content (AvgIpc) is 3.18. The summed E-state index contributed by atoms with van der Waals surface area (Å²) < 4.78 is 7.01. The zero-order valence-electron chi connectivity index (χ0n) is 14.7. The van der Waals surface area contributed by atoms with Gasteiger partial charge in [0.25, 0.3) is 5.56 Å². The fraction of sp³-hybridized carbons (Fsp3) is 0.500. The molecule has 3 atom stereocenters. The van der Waals surface area contributed by atoms with Gasteiger partial charge in [0.1, 0.15) is 11.5 Å². The second kappa shape index (κ2) is 8.23. The van der Waals surface area contributed by atoms with Crippen LogP contribution in [0.4, 0.5) is 5.95 Å². The number of ether oxygens (including phenoxy) is 1. The third kappa shape index (κ3) is 3.96. The first-order chi connectivity index (χ1) is 13.0. The van der Waals surface area contributed by atoms with E-state index >= 15 is 0 Å². The number of H-pyrrole nitrogens is 1. The summed E-state index contributed by atoms with van der Waals surface area (Å²) in [5.41, 5.74) is 5.70. The van der Waals surface area contributed by atoms with Gasteiger partial charge in [0, 0.05) is 19.3 Å². The molecule has 3 rings (SSSR count). The van der Waals surface area contributed by atoms with Gasteiger partial charge in [-0.2, -0.15) is 10.1 Å². The highest BCUT2D eigenvalue weighted by atomic mass is 16.5. The quantitative estimate of drug-likeness (QED) is 0.425. The van der Waals surface area contributed by atoms with Crippen LogP contribution in [0, 0.1) is 24.2 Å². The number of anilines is 1. The van der Waals surface area contributed by atoms with Crippen molar-refractivity contribution in [1.29, 1.82) is 0 Å². The molecule has 3 heterocycles. The van der Waals surface area contributed by atoms with Crippen LogP contribution >= 0.6 is 0 Å². The van der Waals surface area contributed by atoms with Crippen LogP contribution in [0.1, 0.15) is 44.0 Å². The Labute approximate surface area is 155 Å².